The van der Waals surface area contributed by atoms with Crippen molar-refractivity contribution in [3.63, 3.8) is 0 Å². The van der Waals surface area contributed by atoms with Crippen molar-refractivity contribution in [1.82, 2.24) is 19.7 Å². The summed E-state index contributed by atoms with van der Waals surface area (Å²) in [5.74, 6) is 0.235. The Labute approximate surface area is 147 Å². The molecule has 1 N–H and O–H groups in total. The molecule has 0 saturated heterocycles. The molecular formula is C15H19BrN4O2S. The van der Waals surface area contributed by atoms with Crippen molar-refractivity contribution < 1.29 is 4.79 Å². The van der Waals surface area contributed by atoms with Crippen LogP contribution < -0.4 is 5.69 Å². The van der Waals surface area contributed by atoms with Gasteiger partial charge in [0.25, 0.3) is 0 Å². The first-order chi connectivity index (χ1) is 11.0. The van der Waals surface area contributed by atoms with Gasteiger partial charge in [-0.1, -0.05) is 52.8 Å². The highest BCUT2D eigenvalue weighted by molar-refractivity contribution is 9.10. The van der Waals surface area contributed by atoms with Gasteiger partial charge in [0.05, 0.1) is 5.75 Å². The topological polar surface area (TPSA) is 71.0 Å². The number of rotatable bonds is 7. The number of hydrogen-bond acceptors (Lipinski definition) is 4. The standard InChI is InChI=1S/C15H19BrN4O2S/c1-3-8-20-14(22)17-18-15(20)23-10-13(21)19(2)9-11-6-4-5-7-12(11)16/h4-7H,3,8-10H2,1-2H3,(H,17,22). The van der Waals surface area contributed by atoms with E-state index in [-0.39, 0.29) is 17.3 Å². The fourth-order valence-electron chi connectivity index (χ4n) is 2.04. The fourth-order valence-corrected chi connectivity index (χ4v) is 3.36. The van der Waals surface area contributed by atoms with Crippen molar-refractivity contribution in [1.29, 1.82) is 0 Å². The summed E-state index contributed by atoms with van der Waals surface area (Å²) in [7, 11) is 1.77. The van der Waals surface area contributed by atoms with Crippen LogP contribution in [-0.2, 0) is 17.9 Å². The maximum absolute atomic E-state index is 12.3. The lowest BCUT2D eigenvalue weighted by atomic mass is 10.2. The zero-order valence-electron chi connectivity index (χ0n) is 13.1. The number of aromatic nitrogens is 3. The van der Waals surface area contributed by atoms with Crippen LogP contribution in [0.2, 0.25) is 0 Å². The number of halogens is 1. The maximum atomic E-state index is 12.3. The summed E-state index contributed by atoms with van der Waals surface area (Å²) in [6.45, 7) is 3.12. The van der Waals surface area contributed by atoms with Crippen molar-refractivity contribution in [2.24, 2.45) is 0 Å². The van der Waals surface area contributed by atoms with Crippen molar-refractivity contribution in [2.45, 2.75) is 31.6 Å². The number of nitrogens with one attached hydrogen (secondary N) is 1. The Bertz CT molecular complexity index is 728. The number of benzene rings is 1. The summed E-state index contributed by atoms with van der Waals surface area (Å²) in [5.41, 5.74) is 0.819. The molecule has 1 aromatic heterocycles. The van der Waals surface area contributed by atoms with Gasteiger partial charge in [-0.15, -0.1) is 5.10 Å². The average molecular weight is 399 g/mol. The molecule has 0 saturated carbocycles. The molecule has 124 valence electrons. The molecule has 2 rings (SSSR count). The molecule has 0 aliphatic rings. The monoisotopic (exact) mass is 398 g/mol. The molecule has 2 aromatic rings. The third-order valence-electron chi connectivity index (χ3n) is 3.29. The van der Waals surface area contributed by atoms with Crippen molar-refractivity contribution >= 4 is 33.6 Å². The van der Waals surface area contributed by atoms with E-state index in [2.05, 4.69) is 26.1 Å². The minimum absolute atomic E-state index is 0.00995. The zero-order chi connectivity index (χ0) is 16.8. The second-order valence-electron chi connectivity index (χ2n) is 5.09. The Morgan fingerprint density at radius 1 is 1.43 bits per heavy atom. The van der Waals surface area contributed by atoms with Crippen LogP contribution in [-0.4, -0.2) is 38.4 Å². The molecule has 0 bridgehead atoms. The molecule has 1 aromatic carbocycles. The molecule has 0 unspecified atom stereocenters. The molecule has 0 radical (unpaired) electrons. The van der Waals surface area contributed by atoms with Gasteiger partial charge in [-0.3, -0.25) is 9.36 Å². The third-order valence-corrected chi connectivity index (χ3v) is 5.02. The third kappa shape index (κ3) is 4.71. The molecule has 6 nitrogen and oxygen atoms in total. The summed E-state index contributed by atoms with van der Waals surface area (Å²) in [6.07, 6.45) is 0.836. The lowest BCUT2D eigenvalue weighted by Crippen LogP contribution is -2.28. The molecule has 0 spiro atoms. The molecule has 8 heteroatoms. The van der Waals surface area contributed by atoms with Gasteiger partial charge in [-0.2, -0.15) is 0 Å². The lowest BCUT2D eigenvalue weighted by Gasteiger charge is -2.17. The van der Waals surface area contributed by atoms with E-state index in [4.69, 9.17) is 0 Å². The summed E-state index contributed by atoms with van der Waals surface area (Å²) >= 11 is 4.76. The predicted octanol–water partition coefficient (Wildman–Crippen LogP) is 2.49. The fraction of sp³-hybridized carbons (Fsp3) is 0.400. The first kappa shape index (κ1) is 17.8. The van der Waals surface area contributed by atoms with E-state index in [1.165, 1.54) is 11.8 Å². The minimum atomic E-state index is -0.233. The Hall–Kier alpha value is -1.54. The van der Waals surface area contributed by atoms with E-state index in [0.29, 0.717) is 18.2 Å². The highest BCUT2D eigenvalue weighted by atomic mass is 79.9. The minimum Gasteiger partial charge on any atom is -0.341 e. The number of thioether (sulfide) groups is 1. The van der Waals surface area contributed by atoms with E-state index in [0.717, 1.165) is 16.5 Å². The van der Waals surface area contributed by atoms with Crippen LogP contribution in [0.1, 0.15) is 18.9 Å². The van der Waals surface area contributed by atoms with Crippen LogP contribution in [0, 0.1) is 0 Å². The maximum Gasteiger partial charge on any atom is 0.343 e. The molecule has 0 aliphatic carbocycles. The Kier molecular flexibility index (Phi) is 6.47. The van der Waals surface area contributed by atoms with E-state index in [9.17, 15) is 9.59 Å². The Balaban J connectivity index is 1.94. The number of amides is 1. The normalized spacial score (nSPS) is 10.7. The Morgan fingerprint density at radius 3 is 2.87 bits per heavy atom. The van der Waals surface area contributed by atoms with Gasteiger partial charge in [-0.25, -0.2) is 9.89 Å². The summed E-state index contributed by atoms with van der Waals surface area (Å²) in [6, 6.07) is 7.82. The van der Waals surface area contributed by atoms with Gasteiger partial charge < -0.3 is 4.90 Å². The molecule has 1 amide bonds. The summed E-state index contributed by atoms with van der Waals surface area (Å²) in [5, 5.41) is 6.96. The van der Waals surface area contributed by atoms with Crippen molar-refractivity contribution in [3.8, 4) is 0 Å². The van der Waals surface area contributed by atoms with Gasteiger partial charge >= 0.3 is 5.69 Å². The van der Waals surface area contributed by atoms with Gasteiger partial charge in [0.15, 0.2) is 5.16 Å². The van der Waals surface area contributed by atoms with Gasteiger partial charge in [-0.05, 0) is 18.1 Å². The average Bonchev–Trinajstić information content (AvgIpc) is 2.88. The molecule has 0 fully saturated rings. The quantitative estimate of drug-likeness (QED) is 0.727. The first-order valence-corrected chi connectivity index (χ1v) is 9.06. The molecule has 0 atom stereocenters. The Morgan fingerprint density at radius 2 is 2.17 bits per heavy atom. The smallest absolute Gasteiger partial charge is 0.341 e. The number of H-pyrrole nitrogens is 1. The van der Waals surface area contributed by atoms with Crippen molar-refractivity contribution in [3.05, 3.63) is 44.8 Å². The van der Waals surface area contributed by atoms with Crippen LogP contribution >= 0.6 is 27.7 Å². The summed E-state index contributed by atoms with van der Waals surface area (Å²) < 4.78 is 2.54. The second kappa shape index (κ2) is 8.35. The van der Waals surface area contributed by atoms with E-state index >= 15 is 0 Å². The van der Waals surface area contributed by atoms with Gasteiger partial charge in [0.2, 0.25) is 5.91 Å². The van der Waals surface area contributed by atoms with Crippen LogP contribution in [0.5, 0.6) is 0 Å². The van der Waals surface area contributed by atoms with Crippen LogP contribution in [0.4, 0.5) is 0 Å². The SMILES string of the molecule is CCCn1c(SCC(=O)N(C)Cc2ccccc2Br)n[nH]c1=O. The number of hydrogen-bond donors (Lipinski definition) is 1. The predicted molar refractivity (Wildman–Crippen MR) is 94.5 cm³/mol. The highest BCUT2D eigenvalue weighted by Crippen LogP contribution is 2.19. The molecule has 1 heterocycles. The number of carbonyl (C=O) groups is 1. The number of aromatic amines is 1. The van der Waals surface area contributed by atoms with Gasteiger partial charge in [0.1, 0.15) is 0 Å². The molecule has 0 aliphatic heterocycles. The number of carbonyl (C=O) groups excluding carboxylic acids is 1. The largest absolute Gasteiger partial charge is 0.343 e. The zero-order valence-corrected chi connectivity index (χ0v) is 15.5. The van der Waals surface area contributed by atoms with Crippen LogP contribution in [0.3, 0.4) is 0 Å². The number of nitrogens with zero attached hydrogens (tertiary/aromatic N) is 3. The van der Waals surface area contributed by atoms with Crippen LogP contribution in [0.15, 0.2) is 38.7 Å². The van der Waals surface area contributed by atoms with Gasteiger partial charge in [0, 0.05) is 24.6 Å². The molecule has 23 heavy (non-hydrogen) atoms. The first-order valence-electron chi connectivity index (χ1n) is 7.28. The van der Waals surface area contributed by atoms with E-state index in [1.54, 1.807) is 16.5 Å². The van der Waals surface area contributed by atoms with E-state index in [1.807, 2.05) is 31.2 Å². The van der Waals surface area contributed by atoms with Crippen molar-refractivity contribution in [2.75, 3.05) is 12.8 Å². The highest BCUT2D eigenvalue weighted by Gasteiger charge is 2.14. The lowest BCUT2D eigenvalue weighted by molar-refractivity contribution is -0.127. The van der Waals surface area contributed by atoms with Crippen LogP contribution in [0.25, 0.3) is 0 Å². The summed E-state index contributed by atoms with van der Waals surface area (Å²) in [4.78, 5) is 25.6. The van der Waals surface area contributed by atoms with E-state index < -0.39 is 0 Å². The second-order valence-corrected chi connectivity index (χ2v) is 6.89. The molecular weight excluding hydrogens is 380 g/mol.